The van der Waals surface area contributed by atoms with E-state index in [2.05, 4.69) is 20.5 Å². The Kier molecular flexibility index (Phi) is 3.63. The molecule has 0 bridgehead atoms. The number of hydrogen-bond acceptors (Lipinski definition) is 5. The molecular weight excluding hydrogens is 262 g/mol. The minimum Gasteiger partial charge on any atom is -0.359 e. The van der Waals surface area contributed by atoms with Crippen LogP contribution in [-0.2, 0) is 0 Å². The Balaban J connectivity index is 1.64. The molecule has 2 heterocycles. The number of aromatic nitrogens is 5. The maximum atomic E-state index is 11.9. The summed E-state index contributed by atoms with van der Waals surface area (Å²) in [7, 11) is 0. The quantitative estimate of drug-likeness (QED) is 0.669. The zero-order valence-electron chi connectivity index (χ0n) is 10.5. The van der Waals surface area contributed by atoms with Crippen molar-refractivity contribution in [1.29, 1.82) is 0 Å². The Morgan fingerprint density at radius 3 is 3.05 bits per heavy atom. The summed E-state index contributed by atoms with van der Waals surface area (Å²) >= 11 is 1.40. The third-order valence-electron chi connectivity index (χ3n) is 3.36. The SMILES string of the molecule is O=C(CSc1nnnn1C1CCCC1)c1ccc[nH]1. The molecule has 0 unspecified atom stereocenters. The van der Waals surface area contributed by atoms with Gasteiger partial charge in [-0.1, -0.05) is 24.6 Å². The highest BCUT2D eigenvalue weighted by Gasteiger charge is 2.22. The molecule has 6 nitrogen and oxygen atoms in total. The van der Waals surface area contributed by atoms with Gasteiger partial charge in [-0.05, 0) is 35.4 Å². The smallest absolute Gasteiger partial charge is 0.210 e. The second-order valence-corrected chi connectivity index (χ2v) is 5.58. The number of ketones is 1. The fourth-order valence-corrected chi connectivity index (χ4v) is 3.20. The van der Waals surface area contributed by atoms with Gasteiger partial charge in [-0.2, -0.15) is 0 Å². The highest BCUT2D eigenvalue weighted by Crippen LogP contribution is 2.31. The fraction of sp³-hybridized carbons (Fsp3) is 0.500. The standard InChI is InChI=1S/C12H15N5OS/c18-11(10-6-3-7-13-10)8-19-12-14-15-16-17(12)9-4-1-2-5-9/h3,6-7,9,13H,1-2,4-5,8H2. The molecule has 7 heteroatoms. The average molecular weight is 277 g/mol. The average Bonchev–Trinajstić information content (AvgIpc) is 3.14. The molecule has 1 aliphatic rings. The van der Waals surface area contributed by atoms with Gasteiger partial charge in [0.1, 0.15) is 0 Å². The number of carbonyl (C=O) groups excluding carboxylic acids is 1. The molecule has 0 aliphatic heterocycles. The minimum absolute atomic E-state index is 0.0657. The van der Waals surface area contributed by atoms with Crippen LogP contribution in [-0.4, -0.2) is 36.7 Å². The molecule has 19 heavy (non-hydrogen) atoms. The molecule has 1 fully saturated rings. The number of nitrogens with one attached hydrogen (secondary N) is 1. The molecular formula is C12H15N5OS. The van der Waals surface area contributed by atoms with Crippen LogP contribution in [0.15, 0.2) is 23.5 Å². The number of hydrogen-bond donors (Lipinski definition) is 1. The van der Waals surface area contributed by atoms with E-state index in [0.29, 0.717) is 17.5 Å². The Morgan fingerprint density at radius 1 is 1.47 bits per heavy atom. The second-order valence-electron chi connectivity index (χ2n) is 4.64. The van der Waals surface area contributed by atoms with Gasteiger partial charge in [0.25, 0.3) is 0 Å². The van der Waals surface area contributed by atoms with E-state index in [0.717, 1.165) is 18.0 Å². The molecule has 1 saturated carbocycles. The number of aromatic amines is 1. The molecule has 1 aliphatic carbocycles. The lowest BCUT2D eigenvalue weighted by Crippen LogP contribution is -2.10. The molecule has 1 N–H and O–H groups in total. The number of H-pyrrole nitrogens is 1. The number of tetrazole rings is 1. The van der Waals surface area contributed by atoms with Gasteiger partial charge in [-0.25, -0.2) is 4.68 Å². The number of rotatable bonds is 5. The summed E-state index contributed by atoms with van der Waals surface area (Å²) in [5, 5.41) is 12.5. The van der Waals surface area contributed by atoms with Gasteiger partial charge in [-0.15, -0.1) is 5.10 Å². The van der Waals surface area contributed by atoms with Crippen molar-refractivity contribution in [3.8, 4) is 0 Å². The first-order chi connectivity index (χ1) is 9.34. The second kappa shape index (κ2) is 5.56. The van der Waals surface area contributed by atoms with Crippen LogP contribution in [0, 0.1) is 0 Å². The van der Waals surface area contributed by atoms with Crippen molar-refractivity contribution < 1.29 is 4.79 Å². The first-order valence-corrected chi connectivity index (χ1v) is 7.40. The van der Waals surface area contributed by atoms with Crippen LogP contribution in [0.25, 0.3) is 0 Å². The van der Waals surface area contributed by atoms with Crippen molar-refractivity contribution in [2.75, 3.05) is 5.75 Å². The van der Waals surface area contributed by atoms with Gasteiger partial charge >= 0.3 is 0 Å². The van der Waals surface area contributed by atoms with Crippen LogP contribution in [0.3, 0.4) is 0 Å². The fourth-order valence-electron chi connectivity index (χ4n) is 2.37. The van der Waals surface area contributed by atoms with Gasteiger partial charge in [0, 0.05) is 6.20 Å². The van der Waals surface area contributed by atoms with Gasteiger partial charge < -0.3 is 4.98 Å². The van der Waals surface area contributed by atoms with E-state index in [1.54, 1.807) is 12.3 Å². The monoisotopic (exact) mass is 277 g/mol. The van der Waals surface area contributed by atoms with Gasteiger partial charge in [0.05, 0.1) is 17.5 Å². The molecule has 0 atom stereocenters. The molecule has 0 radical (unpaired) electrons. The molecule has 0 aromatic carbocycles. The molecule has 0 saturated heterocycles. The van der Waals surface area contributed by atoms with Crippen molar-refractivity contribution >= 4 is 17.5 Å². The third-order valence-corrected chi connectivity index (χ3v) is 4.30. The van der Waals surface area contributed by atoms with Gasteiger partial charge in [-0.3, -0.25) is 4.79 Å². The van der Waals surface area contributed by atoms with E-state index >= 15 is 0 Å². The highest BCUT2D eigenvalue weighted by molar-refractivity contribution is 7.99. The van der Waals surface area contributed by atoms with Crippen LogP contribution in [0.2, 0.25) is 0 Å². The molecule has 2 aromatic heterocycles. The van der Waals surface area contributed by atoms with Crippen molar-refractivity contribution in [2.24, 2.45) is 0 Å². The Labute approximate surface area is 115 Å². The topological polar surface area (TPSA) is 76.5 Å². The zero-order valence-corrected chi connectivity index (χ0v) is 11.3. The normalized spacial score (nSPS) is 16.0. The Bertz CT molecular complexity index is 544. The maximum absolute atomic E-state index is 11.9. The van der Waals surface area contributed by atoms with Crippen molar-refractivity contribution in [2.45, 2.75) is 36.9 Å². The van der Waals surface area contributed by atoms with E-state index < -0.39 is 0 Å². The molecule has 0 spiro atoms. The molecule has 0 amide bonds. The predicted molar refractivity (Wildman–Crippen MR) is 71.2 cm³/mol. The third kappa shape index (κ3) is 2.70. The lowest BCUT2D eigenvalue weighted by molar-refractivity contribution is 0.101. The number of thioether (sulfide) groups is 1. The van der Waals surface area contributed by atoms with E-state index in [1.165, 1.54) is 24.6 Å². The molecule has 2 aromatic rings. The van der Waals surface area contributed by atoms with Gasteiger partial charge in [0.15, 0.2) is 5.78 Å². The summed E-state index contributed by atoms with van der Waals surface area (Å²) in [5.41, 5.74) is 0.632. The van der Waals surface area contributed by atoms with Crippen LogP contribution in [0.4, 0.5) is 0 Å². The zero-order chi connectivity index (χ0) is 13.1. The van der Waals surface area contributed by atoms with E-state index in [9.17, 15) is 4.79 Å². The van der Waals surface area contributed by atoms with Crippen LogP contribution < -0.4 is 0 Å². The Hall–Kier alpha value is -1.63. The number of Topliss-reactive ketones (excluding diaryl/α,β-unsaturated/α-hetero) is 1. The molecule has 3 rings (SSSR count). The van der Waals surface area contributed by atoms with E-state index in [1.807, 2.05) is 10.7 Å². The summed E-state index contributed by atoms with van der Waals surface area (Å²) in [6.45, 7) is 0. The largest absolute Gasteiger partial charge is 0.359 e. The summed E-state index contributed by atoms with van der Waals surface area (Å²) in [6, 6.07) is 4.00. The minimum atomic E-state index is 0.0657. The maximum Gasteiger partial charge on any atom is 0.210 e. The van der Waals surface area contributed by atoms with Crippen LogP contribution in [0.1, 0.15) is 42.2 Å². The molecule has 100 valence electrons. The summed E-state index contributed by atoms with van der Waals surface area (Å²) < 4.78 is 1.87. The lowest BCUT2D eigenvalue weighted by Gasteiger charge is -2.10. The Morgan fingerprint density at radius 2 is 2.32 bits per heavy atom. The van der Waals surface area contributed by atoms with E-state index in [4.69, 9.17) is 0 Å². The van der Waals surface area contributed by atoms with Crippen molar-refractivity contribution in [1.82, 2.24) is 25.2 Å². The number of carbonyl (C=O) groups is 1. The predicted octanol–water partition coefficient (Wildman–Crippen LogP) is 2.09. The first-order valence-electron chi connectivity index (χ1n) is 6.42. The summed E-state index contributed by atoms with van der Waals surface area (Å²) in [6.07, 6.45) is 6.47. The van der Waals surface area contributed by atoms with Crippen molar-refractivity contribution in [3.05, 3.63) is 24.0 Å². The van der Waals surface area contributed by atoms with Gasteiger partial charge in [0.2, 0.25) is 5.16 Å². The van der Waals surface area contributed by atoms with Crippen molar-refractivity contribution in [3.63, 3.8) is 0 Å². The number of nitrogens with zero attached hydrogens (tertiary/aromatic N) is 4. The first kappa shape index (κ1) is 12.4. The van der Waals surface area contributed by atoms with E-state index in [-0.39, 0.29) is 5.78 Å². The summed E-state index contributed by atoms with van der Waals surface area (Å²) in [4.78, 5) is 14.8. The van der Waals surface area contributed by atoms with Crippen LogP contribution >= 0.6 is 11.8 Å². The summed E-state index contributed by atoms with van der Waals surface area (Å²) in [5.74, 6) is 0.420. The highest BCUT2D eigenvalue weighted by atomic mass is 32.2. The lowest BCUT2D eigenvalue weighted by atomic mass is 10.3. The van der Waals surface area contributed by atoms with Crippen LogP contribution in [0.5, 0.6) is 0 Å².